The van der Waals surface area contributed by atoms with Gasteiger partial charge in [-0.2, -0.15) is 0 Å². The molecule has 0 spiro atoms. The second-order valence-electron chi connectivity index (χ2n) is 15.4. The molecule has 6 heteroatoms. The average molecular weight is 623 g/mol. The van der Waals surface area contributed by atoms with Gasteiger partial charge in [-0.05, 0) is 74.6 Å². The minimum atomic E-state index is -2.62. The van der Waals surface area contributed by atoms with Crippen LogP contribution < -0.4 is 10.4 Å². The maximum Gasteiger partial charge on any atom is 0.261 e. The summed E-state index contributed by atoms with van der Waals surface area (Å²) in [4.78, 5) is 0. The van der Waals surface area contributed by atoms with Gasteiger partial charge >= 0.3 is 0 Å². The molecule has 3 rings (SSSR count). The largest absolute Gasteiger partial charge is 0.413 e. The Bertz CT molecular complexity index is 1180. The van der Waals surface area contributed by atoms with Crippen molar-refractivity contribution in [2.75, 3.05) is 6.61 Å². The van der Waals surface area contributed by atoms with Gasteiger partial charge in [0.15, 0.2) is 14.1 Å². The van der Waals surface area contributed by atoms with E-state index in [2.05, 4.69) is 148 Å². The predicted molar refractivity (Wildman–Crippen MR) is 186 cm³/mol. The third-order valence-corrected chi connectivity index (χ3v) is 19.0. The van der Waals surface area contributed by atoms with Crippen LogP contribution in [0.2, 0.25) is 23.2 Å². The van der Waals surface area contributed by atoms with Gasteiger partial charge in [-0.25, -0.2) is 0 Å². The maximum absolute atomic E-state index is 7.18. The molecule has 2 aromatic carbocycles. The fraction of sp³-hybridized carbons (Fsp3) is 0.622. The van der Waals surface area contributed by atoms with Gasteiger partial charge in [0.2, 0.25) is 0 Å². The Morgan fingerprint density at radius 1 is 0.791 bits per heavy atom. The smallest absolute Gasteiger partial charge is 0.261 e. The summed E-state index contributed by atoms with van der Waals surface area (Å²) >= 11 is 0. The lowest BCUT2D eigenvalue weighted by molar-refractivity contribution is -0.149. The highest BCUT2D eigenvalue weighted by Crippen LogP contribution is 2.39. The van der Waals surface area contributed by atoms with E-state index in [1.165, 1.54) is 10.4 Å². The zero-order chi connectivity index (χ0) is 32.3. The third-order valence-electron chi connectivity index (χ3n) is 9.38. The van der Waals surface area contributed by atoms with E-state index < -0.39 is 22.4 Å². The molecule has 1 unspecified atom stereocenters. The summed E-state index contributed by atoms with van der Waals surface area (Å²) in [6.45, 7) is 29.5. The van der Waals surface area contributed by atoms with Crippen LogP contribution in [-0.4, -0.2) is 47.3 Å². The van der Waals surface area contributed by atoms with E-state index in [0.29, 0.717) is 6.61 Å². The number of hydrogen-bond donors (Lipinski definition) is 0. The van der Waals surface area contributed by atoms with Crippen molar-refractivity contribution >= 4 is 27.0 Å². The fourth-order valence-corrected chi connectivity index (χ4v) is 11.9. The summed E-state index contributed by atoms with van der Waals surface area (Å²) < 4.78 is 26.8. The minimum Gasteiger partial charge on any atom is -0.413 e. The zero-order valence-corrected chi connectivity index (χ0v) is 31.2. The Morgan fingerprint density at radius 3 is 1.77 bits per heavy atom. The summed E-state index contributed by atoms with van der Waals surface area (Å²) in [7, 11) is -4.48. The first-order valence-electron chi connectivity index (χ1n) is 16.1. The minimum absolute atomic E-state index is 0.0159. The third kappa shape index (κ3) is 8.51. The Balaban J connectivity index is 1.79. The van der Waals surface area contributed by atoms with Crippen LogP contribution in [0.15, 0.2) is 60.7 Å². The van der Waals surface area contributed by atoms with E-state index in [9.17, 15) is 0 Å². The lowest BCUT2D eigenvalue weighted by Crippen LogP contribution is -2.66. The molecule has 0 N–H and O–H groups in total. The number of benzene rings is 2. The Morgan fingerprint density at radius 2 is 1.30 bits per heavy atom. The van der Waals surface area contributed by atoms with Gasteiger partial charge in [0, 0.05) is 18.4 Å². The van der Waals surface area contributed by atoms with Crippen LogP contribution in [0, 0.1) is 23.7 Å². The summed E-state index contributed by atoms with van der Waals surface area (Å²) in [5.41, 5.74) is 0. The summed E-state index contributed by atoms with van der Waals surface area (Å²) in [5.74, 6) is 6.52. The van der Waals surface area contributed by atoms with Crippen LogP contribution in [0.3, 0.4) is 0 Å². The Hall–Kier alpha value is -1.73. The molecule has 1 saturated heterocycles. The first-order chi connectivity index (χ1) is 19.8. The molecule has 1 aliphatic rings. The first kappa shape index (κ1) is 35.7. The molecule has 5 atom stereocenters. The molecule has 1 aliphatic heterocycles. The van der Waals surface area contributed by atoms with Crippen molar-refractivity contribution in [3.63, 3.8) is 0 Å². The van der Waals surface area contributed by atoms with Crippen molar-refractivity contribution in [1.29, 1.82) is 0 Å². The van der Waals surface area contributed by atoms with E-state index in [4.69, 9.17) is 18.3 Å². The van der Waals surface area contributed by atoms with Gasteiger partial charge in [-0.15, -0.1) is 0 Å². The highest BCUT2D eigenvalue weighted by atomic mass is 28.4. The fourth-order valence-electron chi connectivity index (χ4n) is 5.81. The second kappa shape index (κ2) is 13.7. The molecule has 0 radical (unpaired) electrons. The maximum atomic E-state index is 7.18. The molecule has 0 bridgehead atoms. The topological polar surface area (TPSA) is 36.9 Å². The normalized spacial score (nSPS) is 21.5. The molecule has 2 aromatic rings. The molecule has 0 aromatic heterocycles. The molecular formula is C37H58O4Si2. The molecule has 238 valence electrons. The zero-order valence-electron chi connectivity index (χ0n) is 29.2. The molecule has 1 heterocycles. The molecule has 4 nitrogen and oxygen atoms in total. The van der Waals surface area contributed by atoms with Gasteiger partial charge in [0.25, 0.3) is 8.32 Å². The highest BCUT2D eigenvalue weighted by Gasteiger charge is 2.51. The molecule has 0 amide bonds. The lowest BCUT2D eigenvalue weighted by atomic mass is 9.97. The number of ether oxygens (including phenoxy) is 2. The van der Waals surface area contributed by atoms with Gasteiger partial charge in [0.1, 0.15) is 6.10 Å². The number of rotatable bonds is 10. The van der Waals surface area contributed by atoms with E-state index in [-0.39, 0.29) is 40.2 Å². The van der Waals surface area contributed by atoms with Crippen LogP contribution >= 0.6 is 0 Å². The lowest BCUT2D eigenvalue weighted by Gasteiger charge is -2.43. The van der Waals surface area contributed by atoms with Gasteiger partial charge < -0.3 is 18.3 Å². The van der Waals surface area contributed by atoms with E-state index in [0.717, 1.165) is 6.42 Å². The number of hydrogen-bond acceptors (Lipinski definition) is 4. The van der Waals surface area contributed by atoms with Crippen molar-refractivity contribution in [3.8, 4) is 11.8 Å². The van der Waals surface area contributed by atoms with E-state index >= 15 is 0 Å². The van der Waals surface area contributed by atoms with Gasteiger partial charge in [0.05, 0.1) is 12.2 Å². The highest BCUT2D eigenvalue weighted by molar-refractivity contribution is 6.99. The van der Waals surface area contributed by atoms with Crippen molar-refractivity contribution < 1.29 is 18.3 Å². The van der Waals surface area contributed by atoms with Crippen LogP contribution in [0.5, 0.6) is 0 Å². The van der Waals surface area contributed by atoms with Gasteiger partial charge in [-0.3, -0.25) is 0 Å². The Kier molecular flexibility index (Phi) is 11.4. The van der Waals surface area contributed by atoms with E-state index in [1.54, 1.807) is 0 Å². The average Bonchev–Trinajstić information content (AvgIpc) is 3.23. The summed E-state index contributed by atoms with van der Waals surface area (Å²) in [6.07, 6.45) is 0.585. The molecule has 1 fully saturated rings. The van der Waals surface area contributed by atoms with Crippen molar-refractivity contribution in [2.45, 2.75) is 130 Å². The van der Waals surface area contributed by atoms with E-state index in [1.807, 2.05) is 13.8 Å². The van der Waals surface area contributed by atoms with Crippen molar-refractivity contribution in [1.82, 2.24) is 0 Å². The van der Waals surface area contributed by atoms with Crippen molar-refractivity contribution in [2.24, 2.45) is 11.8 Å². The standard InChI is InChI=1S/C37H58O4Si2/c1-28(30(3)41-42(12,13)35(4,5)6)24-25-29(2)34-33(39-37(10,11)40-34)26-27-38-43(36(7,8)9,31-20-16-14-17-21-31)32-22-18-15-19-23-32/h14-23,28-30,33-34H,26-27H2,1-13H3/t28-,29?,30+,33+,34-/m1/s1. The van der Waals surface area contributed by atoms with Crippen LogP contribution in [-0.2, 0) is 18.3 Å². The molecular weight excluding hydrogens is 565 g/mol. The molecule has 0 aliphatic carbocycles. The second-order valence-corrected chi connectivity index (χ2v) is 24.5. The van der Waals surface area contributed by atoms with Gasteiger partial charge in [-0.1, -0.05) is 114 Å². The van der Waals surface area contributed by atoms with Crippen LogP contribution in [0.25, 0.3) is 0 Å². The molecule has 0 saturated carbocycles. The summed E-state index contributed by atoms with van der Waals surface area (Å²) in [6, 6.07) is 21.6. The monoisotopic (exact) mass is 622 g/mol. The van der Waals surface area contributed by atoms with Crippen LogP contribution in [0.4, 0.5) is 0 Å². The quantitative estimate of drug-likeness (QED) is 0.198. The SMILES string of the molecule is CC(C#C[C@@H](C)[C@H](C)O[Si](C)(C)C(C)(C)C)[C@H]1OC(C)(C)O[C@H]1CCO[Si](c1ccccc1)(c1ccccc1)C(C)(C)C. The van der Waals surface area contributed by atoms with Crippen LogP contribution in [0.1, 0.15) is 82.6 Å². The first-order valence-corrected chi connectivity index (χ1v) is 20.9. The Labute approximate surface area is 265 Å². The summed E-state index contributed by atoms with van der Waals surface area (Å²) in [5, 5.41) is 2.68. The van der Waals surface area contributed by atoms with Crippen molar-refractivity contribution in [3.05, 3.63) is 60.7 Å². The molecule has 43 heavy (non-hydrogen) atoms. The predicted octanol–water partition coefficient (Wildman–Crippen LogP) is 8.16.